The molecule has 0 radical (unpaired) electrons. The van der Waals surface area contributed by atoms with E-state index in [1.54, 1.807) is 0 Å². The van der Waals surface area contributed by atoms with E-state index in [9.17, 15) is 22.0 Å². The van der Waals surface area contributed by atoms with Crippen molar-refractivity contribution in [1.29, 1.82) is 0 Å². The van der Waals surface area contributed by atoms with E-state index in [0.717, 1.165) is 0 Å². The zero-order valence-corrected chi connectivity index (χ0v) is 27.6. The predicted octanol–water partition coefficient (Wildman–Crippen LogP) is 10.9. The van der Waals surface area contributed by atoms with Gasteiger partial charge in [0.15, 0.2) is 17.5 Å². The Morgan fingerprint density at radius 3 is 1.38 bits per heavy atom. The van der Waals surface area contributed by atoms with Crippen molar-refractivity contribution in [2.75, 3.05) is 0 Å². The summed E-state index contributed by atoms with van der Waals surface area (Å²) in [4.78, 5) is 0. The number of halogens is 7. The molecule has 0 bridgehead atoms. The molecule has 0 aliphatic heterocycles. The quantitative estimate of drug-likeness (QED) is 0.0737. The molecule has 0 spiro atoms. The summed E-state index contributed by atoms with van der Waals surface area (Å²) in [5.74, 6) is -9.69. The molecule has 7 rings (SSSR count). The van der Waals surface area contributed by atoms with Crippen LogP contribution in [0.2, 0.25) is 0 Å². The molecule has 6 aromatic rings. The molecule has 0 heterocycles. The molecule has 0 unspecified atom stereocenters. The molecule has 45 heavy (non-hydrogen) atoms. The van der Waals surface area contributed by atoms with Crippen molar-refractivity contribution in [1.82, 2.24) is 0 Å². The Balaban J connectivity index is 0.000000181. The third-order valence-electron chi connectivity index (χ3n) is 6.82. The summed E-state index contributed by atoms with van der Waals surface area (Å²) in [6, 6.07) is 40.4. The molecule has 0 amide bonds. The van der Waals surface area contributed by atoms with E-state index in [4.69, 9.17) is 0 Å². The maximum Gasteiger partial charge on any atom is -0.0771 e. The third kappa shape index (κ3) is 8.18. The number of rotatable bonds is 3. The van der Waals surface area contributed by atoms with Crippen molar-refractivity contribution in [3.8, 4) is 0 Å². The Kier molecular flexibility index (Phi) is 13.3. The first-order chi connectivity index (χ1) is 20.9. The summed E-state index contributed by atoms with van der Waals surface area (Å²) in [6.07, 6.45) is 5.55. The summed E-state index contributed by atoms with van der Waals surface area (Å²) < 4.78 is 66.3. The molecule has 0 saturated heterocycles. The first-order valence-electron chi connectivity index (χ1n) is 13.4. The van der Waals surface area contributed by atoms with Gasteiger partial charge in [-0.05, 0) is 0 Å². The molecule has 0 atom stereocenters. The molecule has 1 aliphatic carbocycles. The van der Waals surface area contributed by atoms with Crippen molar-refractivity contribution < 1.29 is 46.2 Å². The molecular formula is C37H25Cl2F5Zr. The summed E-state index contributed by atoms with van der Waals surface area (Å²) in [6.45, 7) is 0. The molecule has 0 aromatic heterocycles. The number of hydrogen-bond acceptors (Lipinski definition) is 0. The largest absolute Gasteiger partial charge is 0.126 e. The van der Waals surface area contributed by atoms with Crippen molar-refractivity contribution in [2.45, 2.75) is 6.42 Å². The van der Waals surface area contributed by atoms with Gasteiger partial charge in [0.05, 0.1) is 0 Å². The second kappa shape index (κ2) is 16.7. The molecule has 0 nitrogen and oxygen atoms in total. The minimum Gasteiger partial charge on any atom is -0.126 e. The first kappa shape index (κ1) is 35.9. The number of hydrogen-bond donors (Lipinski definition) is 0. The van der Waals surface area contributed by atoms with Crippen LogP contribution in [-0.2, 0) is 24.2 Å². The average Bonchev–Trinajstić information content (AvgIpc) is 3.73. The maximum atomic E-state index is 13.2. The van der Waals surface area contributed by atoms with Gasteiger partial charge >= 0.3 is 99.2 Å². The Morgan fingerprint density at radius 1 is 0.556 bits per heavy atom. The second-order valence-electron chi connectivity index (χ2n) is 9.57. The fraction of sp³-hybridized carbons (Fsp3) is 0.0270. The Bertz CT molecular complexity index is 1850. The van der Waals surface area contributed by atoms with Gasteiger partial charge in [-0.2, -0.15) is 17.7 Å². The fourth-order valence-electron chi connectivity index (χ4n) is 4.70. The van der Waals surface area contributed by atoms with Gasteiger partial charge in [0.1, 0.15) is 11.6 Å². The maximum absolute atomic E-state index is 13.2. The van der Waals surface area contributed by atoms with Gasteiger partial charge < -0.3 is 0 Å². The zero-order chi connectivity index (χ0) is 30.3. The van der Waals surface area contributed by atoms with E-state index in [1.807, 2.05) is 0 Å². The van der Waals surface area contributed by atoms with Crippen LogP contribution >= 0.6 is 24.8 Å². The zero-order valence-electron chi connectivity index (χ0n) is 23.5. The van der Waals surface area contributed by atoms with Gasteiger partial charge in [0.2, 0.25) is 0 Å². The van der Waals surface area contributed by atoms with Crippen LogP contribution in [0.4, 0.5) is 22.0 Å². The van der Waals surface area contributed by atoms with Crippen LogP contribution < -0.4 is 0 Å². The monoisotopic (exact) mass is 724 g/mol. The van der Waals surface area contributed by atoms with Crippen LogP contribution in [0.25, 0.3) is 27.1 Å². The minimum absolute atomic E-state index is 0. The molecule has 0 N–H and O–H groups in total. The Labute approximate surface area is 285 Å². The van der Waals surface area contributed by atoms with Gasteiger partial charge in [-0.25, -0.2) is 22.0 Å². The minimum atomic E-state index is -2.15. The van der Waals surface area contributed by atoms with Gasteiger partial charge in [-0.15, -0.1) is 70.6 Å². The standard InChI is InChI=1S/C13H9.C13H10.C11H4F5.2ClH.Zr/c1-3-7-12-10(5-1)9-11-6-2-4-8-13(11)12;1-3-7-12(8-4-1)11-13-9-5-2-6-10-13;12-7-6(5-3-1-2-4-5)8(13)10(15)11(16)9(7)14;;;/h1-9H;1-10H;1,3H,2H2;2*1H;/q-1;;-1;;;+2. The second-order valence-corrected chi connectivity index (χ2v) is 10.8. The van der Waals surface area contributed by atoms with E-state index in [1.165, 1.54) is 72.3 Å². The number of benzene rings is 5. The fourth-order valence-corrected chi connectivity index (χ4v) is 5.52. The average molecular weight is 727 g/mol. The number of allylic oxidation sites excluding steroid dienone is 4. The normalized spacial score (nSPS) is 11.4. The molecule has 8 heteroatoms. The van der Waals surface area contributed by atoms with E-state index in [2.05, 4.69) is 121 Å². The van der Waals surface area contributed by atoms with E-state index in [0.29, 0.717) is 0 Å². The van der Waals surface area contributed by atoms with Gasteiger partial charge in [-0.3, -0.25) is 0 Å². The van der Waals surface area contributed by atoms with Gasteiger partial charge in [0, 0.05) is 0 Å². The van der Waals surface area contributed by atoms with Crippen LogP contribution in [-0.4, -0.2) is 3.21 Å². The van der Waals surface area contributed by atoms with Crippen molar-refractivity contribution in [2.24, 2.45) is 0 Å². The van der Waals surface area contributed by atoms with E-state index in [-0.39, 0.29) is 36.8 Å². The molecule has 0 saturated carbocycles. The summed E-state index contributed by atoms with van der Waals surface area (Å²) >= 11 is 1.46. The summed E-state index contributed by atoms with van der Waals surface area (Å²) in [5, 5.41) is 5.39. The van der Waals surface area contributed by atoms with Crippen molar-refractivity contribution >= 4 is 55.1 Å². The molecule has 1 aliphatic rings. The molecule has 6 aromatic carbocycles. The molecular weight excluding hydrogens is 702 g/mol. The van der Waals surface area contributed by atoms with Crippen LogP contribution in [0.1, 0.15) is 23.1 Å². The van der Waals surface area contributed by atoms with Crippen molar-refractivity contribution in [3.05, 3.63) is 179 Å². The number of fused-ring (bicyclic) bond motifs is 3. The first-order valence-corrected chi connectivity index (χ1v) is 14.6. The molecule has 226 valence electrons. The van der Waals surface area contributed by atoms with Crippen LogP contribution in [0.15, 0.2) is 127 Å². The Morgan fingerprint density at radius 2 is 0.956 bits per heavy atom. The summed E-state index contributed by atoms with van der Waals surface area (Å²) in [7, 11) is 0. The Hall–Kier alpha value is -3.57. The molecule has 0 fully saturated rings. The third-order valence-corrected chi connectivity index (χ3v) is 8.24. The van der Waals surface area contributed by atoms with Crippen LogP contribution in [0.3, 0.4) is 0 Å². The SMILES string of the molecule is Cl.Cl.Fc1c(F)c(F)c(C2=[C-]CC=C2)c(F)c1F.[Zr+2]=[C](c1ccccc1)c1ccccc1.c1ccc2c(c1)[cH-]c1ccccc12. The smallest absolute Gasteiger partial charge is 0.0771 e. The predicted molar refractivity (Wildman–Crippen MR) is 174 cm³/mol. The van der Waals surface area contributed by atoms with Gasteiger partial charge in [0.25, 0.3) is 0 Å². The van der Waals surface area contributed by atoms with E-state index < -0.39 is 34.6 Å². The van der Waals surface area contributed by atoms with E-state index >= 15 is 0 Å². The van der Waals surface area contributed by atoms with Gasteiger partial charge in [-0.1, -0.05) is 48.4 Å². The van der Waals surface area contributed by atoms with Crippen LogP contribution in [0.5, 0.6) is 0 Å². The topological polar surface area (TPSA) is 0 Å². The summed E-state index contributed by atoms with van der Waals surface area (Å²) in [5.41, 5.74) is 1.62. The van der Waals surface area contributed by atoms with Crippen molar-refractivity contribution in [3.63, 3.8) is 0 Å². The van der Waals surface area contributed by atoms with Crippen LogP contribution in [0, 0.1) is 35.2 Å².